The summed E-state index contributed by atoms with van der Waals surface area (Å²) in [6.07, 6.45) is -2.21. The Bertz CT molecular complexity index is 1530. The van der Waals surface area contributed by atoms with Crippen LogP contribution in [-0.2, 0) is 34.0 Å². The smallest absolute Gasteiger partial charge is 0.308 e. The number of hydrogen-bond donors (Lipinski definition) is 2. The van der Waals surface area contributed by atoms with Gasteiger partial charge in [-0.25, -0.2) is 17.5 Å². The molecule has 10 heteroatoms. The lowest BCUT2D eigenvalue weighted by atomic mass is 9.79. The van der Waals surface area contributed by atoms with Gasteiger partial charge in [0, 0.05) is 24.9 Å². The summed E-state index contributed by atoms with van der Waals surface area (Å²) < 4.78 is 82.5. The summed E-state index contributed by atoms with van der Waals surface area (Å²) >= 11 is 0. The first-order valence-electron chi connectivity index (χ1n) is 13.9. The number of carbonyl (C=O) groups excluding carboxylic acids is 1. The molecule has 0 bridgehead atoms. The third-order valence-corrected chi connectivity index (χ3v) is 8.86. The van der Waals surface area contributed by atoms with Crippen LogP contribution in [0.4, 0.5) is 17.6 Å². The van der Waals surface area contributed by atoms with Gasteiger partial charge in [-0.2, -0.15) is 13.2 Å². The van der Waals surface area contributed by atoms with Crippen molar-refractivity contribution in [3.8, 4) is 0 Å². The summed E-state index contributed by atoms with van der Waals surface area (Å²) in [6, 6.07) is 13.7. The third kappa shape index (κ3) is 8.49. The molecular weight excluding hydrogens is 568 g/mol. The second-order valence-electron chi connectivity index (χ2n) is 11.9. The molecule has 2 atom stereocenters. The first kappa shape index (κ1) is 31.8. The van der Waals surface area contributed by atoms with Crippen LogP contribution >= 0.6 is 0 Å². The van der Waals surface area contributed by atoms with Gasteiger partial charge in [-0.05, 0) is 98.5 Å². The van der Waals surface area contributed by atoms with E-state index in [1.54, 1.807) is 0 Å². The Labute approximate surface area is 244 Å². The van der Waals surface area contributed by atoms with E-state index in [1.165, 1.54) is 23.8 Å². The fraction of sp³-hybridized carbons (Fsp3) is 0.406. The van der Waals surface area contributed by atoms with Gasteiger partial charge in [0.05, 0.1) is 16.5 Å². The number of aryl methyl sites for hydroxylation is 1. The molecular formula is C32H36F4N2O3S. The zero-order valence-corrected chi connectivity index (χ0v) is 24.7. The Hall–Kier alpha value is -3.08. The molecule has 4 rings (SSSR count). The third-order valence-electron chi connectivity index (χ3n) is 7.39. The van der Waals surface area contributed by atoms with Crippen molar-refractivity contribution in [3.63, 3.8) is 0 Å². The summed E-state index contributed by atoms with van der Waals surface area (Å²) in [6.45, 7) is 7.03. The Morgan fingerprint density at radius 3 is 2.43 bits per heavy atom. The van der Waals surface area contributed by atoms with Gasteiger partial charge >= 0.3 is 6.18 Å². The molecule has 0 aromatic heterocycles. The van der Waals surface area contributed by atoms with Crippen LogP contribution in [0, 0.1) is 5.82 Å². The summed E-state index contributed by atoms with van der Waals surface area (Å²) in [5, 5.41) is 3.48. The molecule has 1 aliphatic carbocycles. The van der Waals surface area contributed by atoms with Crippen LogP contribution in [0.3, 0.4) is 0 Å². The Morgan fingerprint density at radius 2 is 1.74 bits per heavy atom. The van der Waals surface area contributed by atoms with E-state index in [0.29, 0.717) is 6.07 Å². The molecule has 0 saturated heterocycles. The number of fused-ring (bicyclic) bond motifs is 1. The van der Waals surface area contributed by atoms with E-state index in [9.17, 15) is 30.8 Å². The molecule has 1 aliphatic rings. The molecule has 2 N–H and O–H groups in total. The van der Waals surface area contributed by atoms with Crippen molar-refractivity contribution in [2.45, 2.75) is 88.0 Å². The van der Waals surface area contributed by atoms with Crippen molar-refractivity contribution in [1.82, 2.24) is 10.0 Å². The average molecular weight is 605 g/mol. The van der Waals surface area contributed by atoms with Gasteiger partial charge in [-0.3, -0.25) is 4.79 Å². The van der Waals surface area contributed by atoms with E-state index in [2.05, 4.69) is 49.0 Å². The van der Waals surface area contributed by atoms with Crippen LogP contribution < -0.4 is 10.0 Å². The van der Waals surface area contributed by atoms with E-state index in [1.807, 2.05) is 0 Å². The molecule has 0 heterocycles. The number of benzene rings is 3. The highest BCUT2D eigenvalue weighted by atomic mass is 32.2. The highest BCUT2D eigenvalue weighted by Crippen LogP contribution is 2.36. The molecule has 42 heavy (non-hydrogen) atoms. The highest BCUT2D eigenvalue weighted by Gasteiger charge is 2.33. The van der Waals surface area contributed by atoms with Crippen molar-refractivity contribution in [2.75, 3.05) is 0 Å². The first-order chi connectivity index (χ1) is 19.6. The predicted octanol–water partition coefficient (Wildman–Crippen LogP) is 7.22. The number of Topliss-reactive ketones (excluding diaryl/α,β-unsaturated/α-hetero) is 1. The number of ketones is 1. The van der Waals surface area contributed by atoms with Gasteiger partial charge in [0.25, 0.3) is 0 Å². The van der Waals surface area contributed by atoms with Gasteiger partial charge < -0.3 is 5.32 Å². The van der Waals surface area contributed by atoms with E-state index < -0.39 is 38.5 Å². The number of hydrogen-bond acceptors (Lipinski definition) is 4. The summed E-state index contributed by atoms with van der Waals surface area (Å²) in [7, 11) is -4.48. The zero-order chi connectivity index (χ0) is 30.7. The number of rotatable bonds is 10. The number of sulfonamides is 1. The van der Waals surface area contributed by atoms with Gasteiger partial charge in [-0.1, -0.05) is 36.4 Å². The molecule has 0 saturated carbocycles. The predicted molar refractivity (Wildman–Crippen MR) is 154 cm³/mol. The van der Waals surface area contributed by atoms with Crippen molar-refractivity contribution in [2.24, 2.45) is 0 Å². The summed E-state index contributed by atoms with van der Waals surface area (Å²) in [4.78, 5) is 12.8. The number of alkyl halides is 3. The average Bonchev–Trinajstić information content (AvgIpc) is 2.90. The van der Waals surface area contributed by atoms with Crippen molar-refractivity contribution in [3.05, 3.63) is 100 Å². The van der Waals surface area contributed by atoms with E-state index >= 15 is 0 Å². The van der Waals surface area contributed by atoms with Crippen molar-refractivity contribution < 1.29 is 30.8 Å². The molecule has 0 spiro atoms. The van der Waals surface area contributed by atoms with Gasteiger partial charge in [0.15, 0.2) is 0 Å². The van der Waals surface area contributed by atoms with E-state index in [0.717, 1.165) is 61.2 Å². The molecule has 0 aliphatic heterocycles. The SMILES string of the molecule is CC(C)(C)NCc1ccc2c(c1)CCC[C@H]2CC(=O)C[C@@H](NS(=O)(=O)c1cccc(C(F)(F)F)c1)c1cccc(F)c1. The largest absolute Gasteiger partial charge is 0.416 e. The van der Waals surface area contributed by atoms with Crippen LogP contribution in [0.2, 0.25) is 0 Å². The molecule has 0 radical (unpaired) electrons. The fourth-order valence-electron chi connectivity index (χ4n) is 5.29. The fourth-order valence-corrected chi connectivity index (χ4v) is 6.56. The maximum atomic E-state index is 14.1. The van der Waals surface area contributed by atoms with E-state index in [4.69, 9.17) is 0 Å². The number of nitrogens with one attached hydrogen (secondary N) is 2. The molecule has 0 fully saturated rings. The monoisotopic (exact) mass is 604 g/mol. The van der Waals surface area contributed by atoms with Gasteiger partial charge in [0.2, 0.25) is 10.0 Å². The molecule has 226 valence electrons. The van der Waals surface area contributed by atoms with Crippen LogP contribution in [0.25, 0.3) is 0 Å². The second-order valence-corrected chi connectivity index (χ2v) is 13.6. The lowest BCUT2D eigenvalue weighted by Crippen LogP contribution is -2.35. The summed E-state index contributed by atoms with van der Waals surface area (Å²) in [5.41, 5.74) is 2.52. The topological polar surface area (TPSA) is 75.3 Å². The van der Waals surface area contributed by atoms with Crippen LogP contribution in [0.5, 0.6) is 0 Å². The standard InChI is InChI=1S/C32H36F4N2O3S/c1-31(2,3)37-20-21-13-14-29-22(15-21)7-4-8-23(29)17-27(39)19-30(24-9-5-11-26(33)16-24)38-42(40,41)28-12-6-10-25(18-28)32(34,35)36/h5-6,9-16,18,23,30,37-38H,4,7-8,17,19-20H2,1-3H3/t23-,30+/m0/s1. The quantitative estimate of drug-likeness (QED) is 0.240. The lowest BCUT2D eigenvalue weighted by Gasteiger charge is -2.27. The van der Waals surface area contributed by atoms with Crippen molar-refractivity contribution in [1.29, 1.82) is 0 Å². The Balaban J connectivity index is 1.53. The van der Waals surface area contributed by atoms with Crippen LogP contribution in [0.15, 0.2) is 71.6 Å². The zero-order valence-electron chi connectivity index (χ0n) is 23.9. The normalized spacial score (nSPS) is 16.6. The maximum absolute atomic E-state index is 14.1. The molecule has 3 aromatic carbocycles. The minimum atomic E-state index is -4.73. The van der Waals surface area contributed by atoms with Crippen molar-refractivity contribution >= 4 is 15.8 Å². The first-order valence-corrected chi connectivity index (χ1v) is 15.4. The maximum Gasteiger partial charge on any atom is 0.416 e. The van der Waals surface area contributed by atoms with Crippen LogP contribution in [0.1, 0.15) is 86.2 Å². The molecule has 0 unspecified atom stereocenters. The Morgan fingerprint density at radius 1 is 1.00 bits per heavy atom. The number of carbonyl (C=O) groups is 1. The highest BCUT2D eigenvalue weighted by molar-refractivity contribution is 7.89. The van der Waals surface area contributed by atoms with Gasteiger partial charge in [-0.15, -0.1) is 0 Å². The molecule has 3 aromatic rings. The summed E-state index contributed by atoms with van der Waals surface area (Å²) in [5.74, 6) is -0.896. The minimum Gasteiger partial charge on any atom is -0.308 e. The van der Waals surface area contributed by atoms with E-state index in [-0.39, 0.29) is 35.6 Å². The van der Waals surface area contributed by atoms with Gasteiger partial charge in [0.1, 0.15) is 11.6 Å². The lowest BCUT2D eigenvalue weighted by molar-refractivity contribution is -0.137. The molecule has 5 nitrogen and oxygen atoms in total. The Kier molecular flexibility index (Phi) is 9.59. The number of halogens is 4. The van der Waals surface area contributed by atoms with Crippen LogP contribution in [-0.4, -0.2) is 19.7 Å². The second kappa shape index (κ2) is 12.7. The minimum absolute atomic E-state index is 0.0221. The molecule has 0 amide bonds.